The van der Waals surface area contributed by atoms with E-state index in [-0.39, 0.29) is 5.56 Å². The van der Waals surface area contributed by atoms with Gasteiger partial charge in [0.25, 0.3) is 5.56 Å². The van der Waals surface area contributed by atoms with Gasteiger partial charge >= 0.3 is 0 Å². The molecule has 0 aliphatic heterocycles. The maximum Gasteiger partial charge on any atom is 0.280 e. The highest BCUT2D eigenvalue weighted by molar-refractivity contribution is 5.84. The second kappa shape index (κ2) is 6.42. The second-order valence-electron chi connectivity index (χ2n) is 6.82. The van der Waals surface area contributed by atoms with Crippen molar-refractivity contribution in [3.05, 3.63) is 89.2 Å². The zero-order valence-corrected chi connectivity index (χ0v) is 15.3. The molecule has 0 N–H and O–H groups in total. The first-order valence-electron chi connectivity index (χ1n) is 9.00. The Morgan fingerprint density at radius 2 is 1.75 bits per heavy atom. The van der Waals surface area contributed by atoms with Crippen molar-refractivity contribution in [2.24, 2.45) is 7.05 Å². The molecule has 0 saturated carbocycles. The van der Waals surface area contributed by atoms with E-state index in [2.05, 4.69) is 39.3 Å². The number of aromatic nitrogens is 5. The summed E-state index contributed by atoms with van der Waals surface area (Å²) in [4.78, 5) is 21.1. The van der Waals surface area contributed by atoms with Crippen LogP contribution < -0.4 is 5.56 Å². The number of aryl methyl sites for hydroxylation is 1. The maximum absolute atomic E-state index is 12.6. The molecule has 28 heavy (non-hydrogen) atoms. The van der Waals surface area contributed by atoms with E-state index >= 15 is 0 Å². The van der Waals surface area contributed by atoms with E-state index in [0.717, 1.165) is 27.6 Å². The predicted octanol–water partition coefficient (Wildman–Crippen LogP) is 3.39. The molecule has 5 aromatic rings. The van der Waals surface area contributed by atoms with Gasteiger partial charge in [0, 0.05) is 24.8 Å². The molecule has 136 valence electrons. The van der Waals surface area contributed by atoms with Gasteiger partial charge in [-0.15, -0.1) is 0 Å². The molecule has 6 nitrogen and oxygen atoms in total. The fourth-order valence-corrected chi connectivity index (χ4v) is 3.43. The predicted molar refractivity (Wildman–Crippen MR) is 109 cm³/mol. The van der Waals surface area contributed by atoms with Gasteiger partial charge in [0.05, 0.1) is 23.9 Å². The second-order valence-corrected chi connectivity index (χ2v) is 6.82. The molecule has 0 saturated heterocycles. The molecule has 0 aliphatic rings. The van der Waals surface area contributed by atoms with Crippen molar-refractivity contribution in [1.82, 2.24) is 24.3 Å². The van der Waals surface area contributed by atoms with Crippen LogP contribution in [0.15, 0.2) is 78.1 Å². The van der Waals surface area contributed by atoms with Crippen molar-refractivity contribution in [2.75, 3.05) is 0 Å². The highest BCUT2D eigenvalue weighted by Gasteiger charge is 2.06. The molecule has 0 radical (unpaired) electrons. The van der Waals surface area contributed by atoms with Crippen LogP contribution in [0.4, 0.5) is 0 Å². The molecule has 3 heterocycles. The fourth-order valence-electron chi connectivity index (χ4n) is 3.43. The highest BCUT2D eigenvalue weighted by atomic mass is 16.1. The van der Waals surface area contributed by atoms with Gasteiger partial charge in [-0.3, -0.25) is 14.0 Å². The zero-order chi connectivity index (χ0) is 19.1. The first-order chi connectivity index (χ1) is 13.7. The summed E-state index contributed by atoms with van der Waals surface area (Å²) >= 11 is 0. The molecular weight excluding hydrogens is 350 g/mol. The number of nitrogens with zero attached hydrogens (tertiary/aromatic N) is 5. The summed E-state index contributed by atoms with van der Waals surface area (Å²) in [5.74, 6) is 0. The van der Waals surface area contributed by atoms with Gasteiger partial charge in [0.2, 0.25) is 0 Å². The van der Waals surface area contributed by atoms with E-state index in [4.69, 9.17) is 0 Å². The van der Waals surface area contributed by atoms with Gasteiger partial charge in [0.1, 0.15) is 0 Å². The van der Waals surface area contributed by atoms with Gasteiger partial charge < -0.3 is 0 Å². The van der Waals surface area contributed by atoms with Gasteiger partial charge in [-0.25, -0.2) is 9.97 Å². The minimum Gasteiger partial charge on any atom is -0.293 e. The van der Waals surface area contributed by atoms with Crippen LogP contribution >= 0.6 is 0 Å². The van der Waals surface area contributed by atoms with Crippen LogP contribution in [0.1, 0.15) is 5.56 Å². The van der Waals surface area contributed by atoms with E-state index in [9.17, 15) is 4.79 Å². The molecular formula is C22H17N5O. The third-order valence-corrected chi connectivity index (χ3v) is 4.85. The van der Waals surface area contributed by atoms with Crippen LogP contribution in [0.2, 0.25) is 0 Å². The number of pyridine rings is 1. The normalized spacial score (nSPS) is 11.3. The van der Waals surface area contributed by atoms with Gasteiger partial charge in [-0.2, -0.15) is 5.10 Å². The van der Waals surface area contributed by atoms with Crippen LogP contribution in [0.3, 0.4) is 0 Å². The summed E-state index contributed by atoms with van der Waals surface area (Å²) in [6.07, 6.45) is 5.21. The third-order valence-electron chi connectivity index (χ3n) is 4.85. The van der Waals surface area contributed by atoms with Crippen molar-refractivity contribution in [2.45, 2.75) is 6.54 Å². The Morgan fingerprint density at radius 1 is 0.929 bits per heavy atom. The Hall–Kier alpha value is -3.80. The Kier molecular flexibility index (Phi) is 3.76. The smallest absolute Gasteiger partial charge is 0.280 e. The monoisotopic (exact) mass is 367 g/mol. The molecule has 3 aromatic heterocycles. The molecule has 2 aromatic carbocycles. The van der Waals surface area contributed by atoms with Gasteiger partial charge in [0.15, 0.2) is 5.52 Å². The van der Waals surface area contributed by atoms with E-state index in [1.807, 2.05) is 36.1 Å². The molecule has 0 amide bonds. The lowest BCUT2D eigenvalue weighted by Gasteiger charge is -2.08. The van der Waals surface area contributed by atoms with E-state index in [1.165, 1.54) is 0 Å². The molecule has 0 aliphatic carbocycles. The van der Waals surface area contributed by atoms with Crippen molar-refractivity contribution < 1.29 is 0 Å². The minimum atomic E-state index is -0.128. The summed E-state index contributed by atoms with van der Waals surface area (Å²) in [5, 5.41) is 5.53. The van der Waals surface area contributed by atoms with Crippen molar-refractivity contribution in [3.63, 3.8) is 0 Å². The van der Waals surface area contributed by atoms with E-state index < -0.39 is 0 Å². The molecule has 0 spiro atoms. The average molecular weight is 367 g/mol. The van der Waals surface area contributed by atoms with Crippen LogP contribution in [-0.2, 0) is 13.6 Å². The first-order valence-corrected chi connectivity index (χ1v) is 9.00. The lowest BCUT2D eigenvalue weighted by atomic mass is 10.0. The largest absolute Gasteiger partial charge is 0.293 e. The zero-order valence-electron chi connectivity index (χ0n) is 15.3. The minimum absolute atomic E-state index is 0.128. The van der Waals surface area contributed by atoms with Gasteiger partial charge in [-0.05, 0) is 41.0 Å². The number of hydrogen-bond acceptors (Lipinski definition) is 4. The lowest BCUT2D eigenvalue weighted by Crippen LogP contribution is -2.21. The molecule has 0 fully saturated rings. The van der Waals surface area contributed by atoms with Gasteiger partial charge in [-0.1, -0.05) is 30.3 Å². The SMILES string of the molecule is Cn1cc2cc(-c3ccc(Cn4cnc5cccnc5c4=O)cc3)ccc2n1. The summed E-state index contributed by atoms with van der Waals surface area (Å²) in [5.41, 5.74) is 5.17. The Labute approximate surface area is 160 Å². The highest BCUT2D eigenvalue weighted by Crippen LogP contribution is 2.24. The van der Waals surface area contributed by atoms with Crippen LogP contribution in [0.5, 0.6) is 0 Å². The summed E-state index contributed by atoms with van der Waals surface area (Å²) in [6, 6.07) is 18.0. The number of hydrogen-bond donors (Lipinski definition) is 0. The van der Waals surface area contributed by atoms with E-state index in [0.29, 0.717) is 17.6 Å². The standard InChI is InChI=1S/C22H17N5O/c1-26-13-18-11-17(8-9-19(18)25-26)16-6-4-15(5-7-16)12-27-14-24-20-3-2-10-23-21(20)22(27)28/h2-11,13-14H,12H2,1H3. The number of benzene rings is 2. The van der Waals surface area contributed by atoms with E-state index in [1.54, 1.807) is 29.2 Å². The first kappa shape index (κ1) is 16.4. The fraction of sp³-hybridized carbons (Fsp3) is 0.0909. The van der Waals surface area contributed by atoms with Crippen LogP contribution in [0, 0.1) is 0 Å². The quantitative estimate of drug-likeness (QED) is 0.490. The Bertz CT molecular complexity index is 1370. The Morgan fingerprint density at radius 3 is 2.61 bits per heavy atom. The van der Waals surface area contributed by atoms with Crippen molar-refractivity contribution >= 4 is 21.9 Å². The average Bonchev–Trinajstić information content (AvgIpc) is 3.10. The Balaban J connectivity index is 1.45. The summed E-state index contributed by atoms with van der Waals surface area (Å²) < 4.78 is 3.41. The maximum atomic E-state index is 12.6. The number of rotatable bonds is 3. The molecule has 0 atom stereocenters. The van der Waals surface area contributed by atoms with Crippen LogP contribution in [0.25, 0.3) is 33.1 Å². The van der Waals surface area contributed by atoms with Crippen LogP contribution in [-0.4, -0.2) is 24.3 Å². The lowest BCUT2D eigenvalue weighted by molar-refractivity contribution is 0.746. The summed E-state index contributed by atoms with van der Waals surface area (Å²) in [7, 11) is 1.92. The number of fused-ring (bicyclic) bond motifs is 2. The van der Waals surface area contributed by atoms with Crippen molar-refractivity contribution in [3.8, 4) is 11.1 Å². The van der Waals surface area contributed by atoms with Crippen molar-refractivity contribution in [1.29, 1.82) is 0 Å². The molecule has 5 rings (SSSR count). The molecule has 6 heteroatoms. The third kappa shape index (κ3) is 2.85. The summed E-state index contributed by atoms with van der Waals surface area (Å²) in [6.45, 7) is 0.459. The topological polar surface area (TPSA) is 65.6 Å². The molecule has 0 unspecified atom stereocenters. The molecule has 0 bridgehead atoms.